The number of carbonyl (C=O) groups is 1. The molecule has 0 aromatic carbocycles. The zero-order valence-electron chi connectivity index (χ0n) is 11.2. The maximum atomic E-state index is 12.7. The standard InChI is InChI=1S/C13H13NO4S3/c1-18-13(15)12-11(4-7-20-12)21(16,17)14-5-2-10-9(8-14)3-6-19-10/h3-4,6-7H,2,5,8H2,1H3. The third kappa shape index (κ3) is 2.52. The smallest absolute Gasteiger partial charge is 0.349 e. The van der Waals surface area contributed by atoms with E-state index in [0.29, 0.717) is 19.5 Å². The molecule has 0 amide bonds. The number of fused-ring (bicyclic) bond motifs is 1. The predicted molar refractivity (Wildman–Crippen MR) is 81.3 cm³/mol. The summed E-state index contributed by atoms with van der Waals surface area (Å²) in [5, 5.41) is 3.57. The molecule has 21 heavy (non-hydrogen) atoms. The molecule has 0 bridgehead atoms. The van der Waals surface area contributed by atoms with Crippen LogP contribution in [0.1, 0.15) is 20.1 Å². The Kier molecular flexibility index (Phi) is 3.87. The number of rotatable bonds is 3. The van der Waals surface area contributed by atoms with E-state index in [-0.39, 0.29) is 9.77 Å². The molecule has 8 heteroatoms. The lowest BCUT2D eigenvalue weighted by Gasteiger charge is -2.26. The molecular formula is C13H13NO4S3. The normalized spacial score (nSPS) is 15.7. The number of carbonyl (C=O) groups excluding carboxylic acids is 1. The number of hydrogen-bond acceptors (Lipinski definition) is 6. The van der Waals surface area contributed by atoms with E-state index in [1.165, 1.54) is 22.4 Å². The molecule has 0 fully saturated rings. The highest BCUT2D eigenvalue weighted by atomic mass is 32.2. The second-order valence-electron chi connectivity index (χ2n) is 4.56. The van der Waals surface area contributed by atoms with Gasteiger partial charge in [0.2, 0.25) is 10.0 Å². The second-order valence-corrected chi connectivity index (χ2v) is 8.39. The number of esters is 1. The Hall–Kier alpha value is -1.22. The summed E-state index contributed by atoms with van der Waals surface area (Å²) >= 11 is 2.74. The number of sulfonamides is 1. The van der Waals surface area contributed by atoms with Gasteiger partial charge >= 0.3 is 5.97 Å². The van der Waals surface area contributed by atoms with Gasteiger partial charge in [-0.05, 0) is 34.9 Å². The third-order valence-corrected chi connectivity index (χ3v) is 7.32. The number of nitrogens with zero attached hydrogens (tertiary/aromatic N) is 1. The number of ether oxygens (including phenoxy) is 1. The first-order chi connectivity index (χ1) is 10.0. The molecule has 2 aromatic heterocycles. The van der Waals surface area contributed by atoms with Crippen LogP contribution in [0.5, 0.6) is 0 Å². The first-order valence-electron chi connectivity index (χ1n) is 6.25. The molecule has 0 radical (unpaired) electrons. The van der Waals surface area contributed by atoms with Gasteiger partial charge in [0.15, 0.2) is 0 Å². The lowest BCUT2D eigenvalue weighted by atomic mass is 10.1. The average molecular weight is 343 g/mol. The lowest BCUT2D eigenvalue weighted by Crippen LogP contribution is -2.35. The van der Waals surface area contributed by atoms with E-state index in [4.69, 9.17) is 0 Å². The first kappa shape index (κ1) is 14.7. The van der Waals surface area contributed by atoms with Gasteiger partial charge in [-0.3, -0.25) is 0 Å². The molecule has 1 aliphatic rings. The summed E-state index contributed by atoms with van der Waals surface area (Å²) in [6.07, 6.45) is 0.712. The van der Waals surface area contributed by atoms with Gasteiger partial charge in [-0.25, -0.2) is 13.2 Å². The van der Waals surface area contributed by atoms with Crippen LogP contribution in [0.15, 0.2) is 27.8 Å². The predicted octanol–water partition coefficient (Wildman–Crippen LogP) is 2.34. The molecule has 0 saturated heterocycles. The Bertz CT molecular complexity index is 775. The molecule has 0 saturated carbocycles. The van der Waals surface area contributed by atoms with Crippen molar-refractivity contribution in [3.63, 3.8) is 0 Å². The van der Waals surface area contributed by atoms with E-state index in [0.717, 1.165) is 16.9 Å². The Balaban J connectivity index is 1.95. The van der Waals surface area contributed by atoms with Gasteiger partial charge in [0.1, 0.15) is 9.77 Å². The Morgan fingerprint density at radius 1 is 1.29 bits per heavy atom. The van der Waals surface area contributed by atoms with Crippen LogP contribution < -0.4 is 0 Å². The van der Waals surface area contributed by atoms with Crippen LogP contribution in [0.25, 0.3) is 0 Å². The molecule has 2 aromatic rings. The van der Waals surface area contributed by atoms with Crippen LogP contribution in [-0.2, 0) is 27.7 Å². The minimum absolute atomic E-state index is 0.0398. The molecule has 0 N–H and O–H groups in total. The number of methoxy groups -OCH3 is 1. The fourth-order valence-corrected chi connectivity index (χ4v) is 5.93. The summed E-state index contributed by atoms with van der Waals surface area (Å²) < 4.78 is 31.6. The summed E-state index contributed by atoms with van der Waals surface area (Å²) in [7, 11) is -2.43. The van der Waals surface area contributed by atoms with Crippen molar-refractivity contribution in [2.45, 2.75) is 17.9 Å². The largest absolute Gasteiger partial charge is 0.465 e. The van der Waals surface area contributed by atoms with Gasteiger partial charge < -0.3 is 4.74 Å². The van der Waals surface area contributed by atoms with Gasteiger partial charge in [-0.15, -0.1) is 22.7 Å². The first-order valence-corrected chi connectivity index (χ1v) is 9.45. The molecule has 0 unspecified atom stereocenters. The second kappa shape index (κ2) is 5.53. The quantitative estimate of drug-likeness (QED) is 0.803. The average Bonchev–Trinajstić information content (AvgIpc) is 3.14. The molecule has 0 atom stereocenters. The van der Waals surface area contributed by atoms with Crippen molar-refractivity contribution in [1.29, 1.82) is 0 Å². The monoisotopic (exact) mass is 343 g/mol. The summed E-state index contributed by atoms with van der Waals surface area (Å²) in [4.78, 5) is 13.1. The fourth-order valence-electron chi connectivity index (χ4n) is 2.31. The fraction of sp³-hybridized carbons (Fsp3) is 0.308. The highest BCUT2D eigenvalue weighted by Crippen LogP contribution is 2.31. The van der Waals surface area contributed by atoms with E-state index < -0.39 is 16.0 Å². The van der Waals surface area contributed by atoms with Gasteiger partial charge in [-0.1, -0.05) is 0 Å². The van der Waals surface area contributed by atoms with Gasteiger partial charge in [0.05, 0.1) is 7.11 Å². The van der Waals surface area contributed by atoms with Crippen molar-refractivity contribution in [3.05, 3.63) is 38.2 Å². The zero-order valence-corrected chi connectivity index (χ0v) is 13.7. The maximum absolute atomic E-state index is 12.7. The molecule has 0 aliphatic carbocycles. The van der Waals surface area contributed by atoms with E-state index in [1.54, 1.807) is 16.7 Å². The minimum atomic E-state index is -3.68. The maximum Gasteiger partial charge on any atom is 0.349 e. The molecule has 1 aliphatic heterocycles. The highest BCUT2D eigenvalue weighted by molar-refractivity contribution is 7.89. The van der Waals surface area contributed by atoms with Crippen LogP contribution in [0.3, 0.4) is 0 Å². The van der Waals surface area contributed by atoms with Gasteiger partial charge in [-0.2, -0.15) is 4.31 Å². The zero-order chi connectivity index (χ0) is 15.0. The lowest BCUT2D eigenvalue weighted by molar-refractivity contribution is 0.0602. The summed E-state index contributed by atoms with van der Waals surface area (Å²) in [5.41, 5.74) is 1.05. The van der Waals surface area contributed by atoms with Crippen molar-refractivity contribution >= 4 is 38.7 Å². The SMILES string of the molecule is COC(=O)c1sccc1S(=O)(=O)N1CCc2sccc2C1. The molecule has 5 nitrogen and oxygen atoms in total. The van der Waals surface area contributed by atoms with Crippen molar-refractivity contribution in [2.75, 3.05) is 13.7 Å². The van der Waals surface area contributed by atoms with Crippen LogP contribution in [-0.4, -0.2) is 32.3 Å². The van der Waals surface area contributed by atoms with Crippen molar-refractivity contribution in [2.24, 2.45) is 0 Å². The molecule has 0 spiro atoms. The van der Waals surface area contributed by atoms with Crippen molar-refractivity contribution < 1.29 is 17.9 Å². The van der Waals surface area contributed by atoms with Crippen LogP contribution in [0, 0.1) is 0 Å². The molecule has 112 valence electrons. The van der Waals surface area contributed by atoms with Crippen molar-refractivity contribution in [1.82, 2.24) is 4.31 Å². The highest BCUT2D eigenvalue weighted by Gasteiger charge is 2.33. The molecule has 3 heterocycles. The third-order valence-electron chi connectivity index (χ3n) is 3.39. The van der Waals surface area contributed by atoms with E-state index in [1.807, 2.05) is 11.4 Å². The van der Waals surface area contributed by atoms with Crippen LogP contribution in [0.2, 0.25) is 0 Å². The van der Waals surface area contributed by atoms with Gasteiger partial charge in [0, 0.05) is 18.0 Å². The topological polar surface area (TPSA) is 63.7 Å². The number of thiophene rings is 2. The van der Waals surface area contributed by atoms with Crippen LogP contribution >= 0.6 is 22.7 Å². The summed E-state index contributed by atoms with van der Waals surface area (Å²) in [5.74, 6) is -0.614. The number of hydrogen-bond donors (Lipinski definition) is 0. The Labute approximate surface area is 130 Å². The Morgan fingerprint density at radius 2 is 2.05 bits per heavy atom. The summed E-state index contributed by atoms with van der Waals surface area (Å²) in [6, 6.07) is 3.42. The summed E-state index contributed by atoms with van der Waals surface area (Å²) in [6.45, 7) is 0.796. The van der Waals surface area contributed by atoms with Crippen LogP contribution in [0.4, 0.5) is 0 Å². The Morgan fingerprint density at radius 3 is 2.81 bits per heavy atom. The molecular weight excluding hydrogens is 330 g/mol. The van der Waals surface area contributed by atoms with E-state index in [9.17, 15) is 13.2 Å². The minimum Gasteiger partial charge on any atom is -0.465 e. The molecule has 3 rings (SSSR count). The van der Waals surface area contributed by atoms with E-state index in [2.05, 4.69) is 4.74 Å². The van der Waals surface area contributed by atoms with Gasteiger partial charge in [0.25, 0.3) is 0 Å². The van der Waals surface area contributed by atoms with Crippen molar-refractivity contribution in [3.8, 4) is 0 Å². The van der Waals surface area contributed by atoms with E-state index >= 15 is 0 Å².